The summed E-state index contributed by atoms with van der Waals surface area (Å²) in [6, 6.07) is 75.8. The molecule has 2 aromatic heterocycles. The van der Waals surface area contributed by atoms with Crippen molar-refractivity contribution in [1.29, 1.82) is 0 Å². The molecule has 11 aromatic rings. The first kappa shape index (κ1) is 34.6. The highest BCUT2D eigenvalue weighted by atomic mass is 16.3. The number of rotatable bonds is 4. The molecule has 13 rings (SSSR count). The third kappa shape index (κ3) is 5.04. The van der Waals surface area contributed by atoms with Crippen molar-refractivity contribution in [3.8, 4) is 78.7 Å². The average Bonchev–Trinajstić information content (AvgIpc) is 3.82. The van der Waals surface area contributed by atoms with Crippen LogP contribution in [0.4, 0.5) is 0 Å². The Morgan fingerprint density at radius 2 is 0.774 bits per heavy atom. The number of nitrogens with zero attached hydrogens (tertiary/aromatic N) is 3. The van der Waals surface area contributed by atoms with Gasteiger partial charge in [0, 0.05) is 27.5 Å². The van der Waals surface area contributed by atoms with Crippen LogP contribution in [0.25, 0.3) is 101 Å². The molecule has 2 heterocycles. The first-order valence-corrected chi connectivity index (χ1v) is 21.1. The number of benzene rings is 9. The molecule has 4 nitrogen and oxygen atoms in total. The zero-order valence-electron chi connectivity index (χ0n) is 33.5. The van der Waals surface area contributed by atoms with E-state index in [2.05, 4.69) is 182 Å². The van der Waals surface area contributed by atoms with Crippen molar-refractivity contribution < 1.29 is 4.42 Å². The molecule has 4 heteroatoms. The van der Waals surface area contributed by atoms with E-state index in [9.17, 15) is 0 Å². The quantitative estimate of drug-likeness (QED) is 0.178. The first-order valence-electron chi connectivity index (χ1n) is 21.1. The van der Waals surface area contributed by atoms with Crippen molar-refractivity contribution in [2.75, 3.05) is 0 Å². The lowest BCUT2D eigenvalue weighted by Crippen LogP contribution is -2.29. The van der Waals surface area contributed by atoms with E-state index in [4.69, 9.17) is 19.4 Å². The van der Waals surface area contributed by atoms with Crippen LogP contribution in [0.5, 0.6) is 0 Å². The van der Waals surface area contributed by atoms with E-state index >= 15 is 0 Å². The van der Waals surface area contributed by atoms with Crippen LogP contribution in [0, 0.1) is 0 Å². The van der Waals surface area contributed by atoms with Gasteiger partial charge in [0.05, 0.1) is 5.41 Å². The van der Waals surface area contributed by atoms with E-state index in [1.54, 1.807) is 0 Å². The third-order valence-corrected chi connectivity index (χ3v) is 13.0. The van der Waals surface area contributed by atoms with Gasteiger partial charge in [-0.2, -0.15) is 0 Å². The minimum absolute atomic E-state index is 0.617. The second-order valence-corrected chi connectivity index (χ2v) is 16.3. The molecule has 62 heavy (non-hydrogen) atoms. The number of aromatic nitrogens is 3. The topological polar surface area (TPSA) is 51.8 Å². The van der Waals surface area contributed by atoms with E-state index < -0.39 is 5.41 Å². The van der Waals surface area contributed by atoms with Crippen molar-refractivity contribution in [3.63, 3.8) is 0 Å². The summed E-state index contributed by atoms with van der Waals surface area (Å²) in [5.74, 6) is 1.87. The van der Waals surface area contributed by atoms with Crippen LogP contribution in [-0.4, -0.2) is 15.0 Å². The highest BCUT2D eigenvalue weighted by Crippen LogP contribution is 2.62. The van der Waals surface area contributed by atoms with Crippen LogP contribution in [0.15, 0.2) is 217 Å². The Morgan fingerprint density at radius 3 is 1.50 bits per heavy atom. The number of fused-ring (bicyclic) bond motifs is 15. The molecule has 0 saturated carbocycles. The fraction of sp³-hybridized carbons (Fsp3) is 0.0172. The summed E-state index contributed by atoms with van der Waals surface area (Å²) in [5, 5.41) is 2.25. The van der Waals surface area contributed by atoms with Gasteiger partial charge >= 0.3 is 0 Å². The molecule has 0 radical (unpaired) electrons. The van der Waals surface area contributed by atoms with Gasteiger partial charge < -0.3 is 4.42 Å². The van der Waals surface area contributed by atoms with E-state index in [0.29, 0.717) is 17.5 Å². The van der Waals surface area contributed by atoms with Gasteiger partial charge in [-0.3, -0.25) is 0 Å². The summed E-state index contributed by atoms with van der Waals surface area (Å²) in [6.07, 6.45) is 0. The Bertz CT molecular complexity index is 3590. The maximum absolute atomic E-state index is 6.66. The van der Waals surface area contributed by atoms with Crippen molar-refractivity contribution in [2.24, 2.45) is 0 Å². The van der Waals surface area contributed by atoms with Crippen LogP contribution in [0.1, 0.15) is 22.3 Å². The first-order chi connectivity index (χ1) is 30.7. The minimum atomic E-state index is -0.667. The molecule has 0 saturated heterocycles. The van der Waals surface area contributed by atoms with Crippen molar-refractivity contribution >= 4 is 21.9 Å². The Labute approximate surface area is 358 Å². The molecular weight excluding hydrogens is 755 g/mol. The zero-order valence-corrected chi connectivity index (χ0v) is 33.5. The van der Waals surface area contributed by atoms with Gasteiger partial charge in [0.1, 0.15) is 11.2 Å². The number of para-hydroxylation sites is 1. The highest BCUT2D eigenvalue weighted by Gasteiger charge is 2.50. The van der Waals surface area contributed by atoms with E-state index in [1.807, 2.05) is 30.3 Å². The number of hydrogen-bond acceptors (Lipinski definition) is 4. The highest BCUT2D eigenvalue weighted by molar-refractivity contribution is 6.09. The maximum atomic E-state index is 6.66. The summed E-state index contributed by atoms with van der Waals surface area (Å²) >= 11 is 0. The van der Waals surface area contributed by atoms with Crippen LogP contribution in [-0.2, 0) is 5.41 Å². The van der Waals surface area contributed by atoms with Crippen molar-refractivity contribution in [2.45, 2.75) is 5.41 Å². The van der Waals surface area contributed by atoms with Gasteiger partial charge in [-0.1, -0.05) is 182 Å². The van der Waals surface area contributed by atoms with Gasteiger partial charge in [-0.25, -0.2) is 15.0 Å². The molecule has 0 aliphatic heterocycles. The molecular formula is C58H35N3O. The second kappa shape index (κ2) is 13.4. The van der Waals surface area contributed by atoms with Gasteiger partial charge in [0.15, 0.2) is 17.5 Å². The lowest BCUT2D eigenvalue weighted by atomic mass is 9.65. The van der Waals surface area contributed by atoms with E-state index in [0.717, 1.165) is 60.9 Å². The molecule has 0 amide bonds. The van der Waals surface area contributed by atoms with Gasteiger partial charge in [-0.05, 0) is 97.1 Å². The molecule has 1 spiro atoms. The SMILES string of the molecule is c1ccc(-c2cccc(-c3nc(-c4ccccc4)nc(-c4ccc5c(c4)-c4ccccc4-c4ccccc4C54c5ccccc5-c5cc6c(cc54)oc4ccccc46)n3)c2)cc1. The van der Waals surface area contributed by atoms with Gasteiger partial charge in [0.25, 0.3) is 0 Å². The van der Waals surface area contributed by atoms with Crippen molar-refractivity contribution in [1.82, 2.24) is 15.0 Å². The predicted molar refractivity (Wildman–Crippen MR) is 251 cm³/mol. The zero-order chi connectivity index (χ0) is 40.8. The monoisotopic (exact) mass is 789 g/mol. The summed E-state index contributed by atoms with van der Waals surface area (Å²) in [4.78, 5) is 15.6. The molecule has 9 aromatic carbocycles. The molecule has 2 aliphatic carbocycles. The molecule has 2 aliphatic rings. The van der Waals surface area contributed by atoms with E-state index in [1.165, 1.54) is 44.5 Å². The average molecular weight is 790 g/mol. The second-order valence-electron chi connectivity index (χ2n) is 16.3. The standard InChI is InChI=1S/C58H35N3O/c1-3-16-36(17-4-1)38-20-15-21-39(32-38)56-59-55(37-18-5-2-6-19-37)60-57(61-56)40-30-31-51-46(33-40)42-23-8-7-22-41(42)43-24-9-12-27-49(43)58(51)50-28-13-10-25-44(50)47-34-48-45-26-11-14-29-53(45)62-54(48)35-52(47)58/h1-35H. The van der Waals surface area contributed by atoms with Crippen LogP contribution >= 0.6 is 0 Å². The normalized spacial score (nSPS) is 14.5. The van der Waals surface area contributed by atoms with Crippen LogP contribution in [0.2, 0.25) is 0 Å². The Hall–Kier alpha value is -8.21. The third-order valence-electron chi connectivity index (χ3n) is 13.0. The van der Waals surface area contributed by atoms with Crippen LogP contribution in [0.3, 0.4) is 0 Å². The van der Waals surface area contributed by atoms with Crippen molar-refractivity contribution in [3.05, 3.63) is 235 Å². The lowest BCUT2D eigenvalue weighted by molar-refractivity contribution is 0.666. The van der Waals surface area contributed by atoms with Gasteiger partial charge in [-0.15, -0.1) is 0 Å². The molecule has 1 atom stereocenters. The summed E-state index contributed by atoms with van der Waals surface area (Å²) in [5.41, 5.74) is 18.2. The fourth-order valence-electron chi connectivity index (χ4n) is 10.3. The molecule has 288 valence electrons. The molecule has 0 fully saturated rings. The molecule has 1 unspecified atom stereocenters. The summed E-state index contributed by atoms with van der Waals surface area (Å²) in [7, 11) is 0. The largest absolute Gasteiger partial charge is 0.456 e. The Kier molecular flexibility index (Phi) is 7.49. The Balaban J connectivity index is 1.09. The lowest BCUT2D eigenvalue weighted by Gasteiger charge is -2.35. The summed E-state index contributed by atoms with van der Waals surface area (Å²) in [6.45, 7) is 0. The number of hydrogen-bond donors (Lipinski definition) is 0. The Morgan fingerprint density at radius 1 is 0.274 bits per heavy atom. The van der Waals surface area contributed by atoms with Gasteiger partial charge in [0.2, 0.25) is 0 Å². The smallest absolute Gasteiger partial charge is 0.164 e. The fourth-order valence-corrected chi connectivity index (χ4v) is 10.3. The molecule has 0 N–H and O–H groups in total. The summed E-state index contributed by atoms with van der Waals surface area (Å²) < 4.78 is 6.66. The number of furan rings is 1. The molecule has 0 bridgehead atoms. The van der Waals surface area contributed by atoms with Crippen LogP contribution < -0.4 is 0 Å². The predicted octanol–water partition coefficient (Wildman–Crippen LogP) is 14.4. The maximum Gasteiger partial charge on any atom is 0.164 e. The van der Waals surface area contributed by atoms with E-state index in [-0.39, 0.29) is 0 Å². The minimum Gasteiger partial charge on any atom is -0.456 e.